The lowest BCUT2D eigenvalue weighted by Crippen LogP contribution is -2.57. The quantitative estimate of drug-likeness (QED) is 0.0383. The molecule has 18 nitrogen and oxygen atoms in total. The summed E-state index contributed by atoms with van der Waals surface area (Å²) in [5.74, 6) is -3.01. The molecule has 0 bridgehead atoms. The zero-order valence-electron chi connectivity index (χ0n) is 29.4. The fourth-order valence-electron chi connectivity index (χ4n) is 5.32. The van der Waals surface area contributed by atoms with E-state index in [2.05, 4.69) is 10.6 Å². The van der Waals surface area contributed by atoms with E-state index in [0.717, 1.165) is 4.90 Å². The number of hydrogen-bond donors (Lipinski definition) is 4. The summed E-state index contributed by atoms with van der Waals surface area (Å²) >= 11 is 0. The predicted molar refractivity (Wildman–Crippen MR) is 189 cm³/mol. The number of nitrogens with one attached hydrogen (secondary N) is 2. The Morgan fingerprint density at radius 1 is 0.906 bits per heavy atom. The van der Waals surface area contributed by atoms with Crippen LogP contribution in [0, 0.1) is 16.0 Å². The van der Waals surface area contributed by atoms with Crippen molar-refractivity contribution in [1.82, 2.24) is 15.5 Å². The number of nitrogens with zero attached hydrogens (tertiary/aromatic N) is 3. The summed E-state index contributed by atoms with van der Waals surface area (Å²) < 4.78 is 10.2. The van der Waals surface area contributed by atoms with E-state index in [9.17, 15) is 43.7 Å². The number of nitro groups is 1. The maximum Gasteiger partial charge on any atom is 0.514 e. The van der Waals surface area contributed by atoms with Gasteiger partial charge in [0.1, 0.15) is 24.4 Å². The van der Waals surface area contributed by atoms with E-state index < -0.39 is 52.8 Å². The van der Waals surface area contributed by atoms with Gasteiger partial charge in [0, 0.05) is 49.5 Å². The zero-order chi connectivity index (χ0) is 39.1. The van der Waals surface area contributed by atoms with Crippen LogP contribution in [0.15, 0.2) is 60.7 Å². The lowest BCUT2D eigenvalue weighted by Gasteiger charge is -2.34. The monoisotopic (exact) mass is 737 g/mol. The van der Waals surface area contributed by atoms with E-state index >= 15 is 0 Å². The summed E-state index contributed by atoms with van der Waals surface area (Å²) in [7, 11) is 0. The fraction of sp³-hybridized carbons (Fsp3) is 0.400. The molecular weight excluding hydrogens is 694 g/mol. The Bertz CT molecular complexity index is 1680. The first-order valence-electron chi connectivity index (χ1n) is 16.8. The maximum absolute atomic E-state index is 14.2. The number of imide groups is 1. The van der Waals surface area contributed by atoms with Gasteiger partial charge in [-0.1, -0.05) is 32.4 Å². The number of nitrogens with two attached hydrogens (primary N) is 2. The number of benzene rings is 2. The zero-order valence-corrected chi connectivity index (χ0v) is 29.4. The average molecular weight is 738 g/mol. The molecule has 2 aromatic rings. The third-order valence-corrected chi connectivity index (χ3v) is 8.09. The van der Waals surface area contributed by atoms with Crippen molar-refractivity contribution in [1.29, 1.82) is 0 Å². The number of unbranched alkanes of at least 4 members (excludes halogenated alkanes) is 2. The summed E-state index contributed by atoms with van der Waals surface area (Å²) in [6.45, 7) is 3.55. The molecule has 1 aliphatic rings. The average Bonchev–Trinajstić information content (AvgIpc) is 3.43. The number of urea groups is 1. The van der Waals surface area contributed by atoms with Crippen LogP contribution in [0.3, 0.4) is 0 Å². The molecule has 0 saturated heterocycles. The van der Waals surface area contributed by atoms with Crippen LogP contribution >= 0.6 is 0 Å². The number of carbonyl (C=O) groups is 7. The first-order chi connectivity index (χ1) is 25.2. The molecule has 0 aliphatic carbocycles. The van der Waals surface area contributed by atoms with E-state index in [1.54, 1.807) is 26.0 Å². The molecule has 53 heavy (non-hydrogen) atoms. The Balaban J connectivity index is 1.70. The van der Waals surface area contributed by atoms with Gasteiger partial charge in [0.05, 0.1) is 4.92 Å². The van der Waals surface area contributed by atoms with Crippen molar-refractivity contribution in [2.24, 2.45) is 17.4 Å². The van der Waals surface area contributed by atoms with Crippen molar-refractivity contribution in [3.05, 3.63) is 76.4 Å². The van der Waals surface area contributed by atoms with Gasteiger partial charge in [-0.3, -0.25) is 43.9 Å². The van der Waals surface area contributed by atoms with Gasteiger partial charge in [-0.15, -0.1) is 0 Å². The van der Waals surface area contributed by atoms with Gasteiger partial charge in [0.2, 0.25) is 11.8 Å². The third-order valence-electron chi connectivity index (χ3n) is 8.09. The molecular formula is C35H43N7O11. The number of nitro benzene ring substituents is 1. The molecule has 0 saturated carbocycles. The topological polar surface area (TPSA) is 264 Å². The second kappa shape index (κ2) is 19.9. The van der Waals surface area contributed by atoms with Crippen LogP contribution in [0.25, 0.3) is 0 Å². The molecule has 1 heterocycles. The number of rotatable bonds is 20. The van der Waals surface area contributed by atoms with Crippen LogP contribution in [-0.2, 0) is 35.3 Å². The van der Waals surface area contributed by atoms with Gasteiger partial charge >= 0.3 is 12.2 Å². The Labute approximate surface area is 304 Å². The Morgan fingerprint density at radius 2 is 1.55 bits per heavy atom. The van der Waals surface area contributed by atoms with Crippen LogP contribution in [0.4, 0.5) is 21.0 Å². The molecule has 0 aromatic heterocycles. The van der Waals surface area contributed by atoms with E-state index in [1.165, 1.54) is 53.5 Å². The second-order valence-corrected chi connectivity index (χ2v) is 12.4. The predicted octanol–water partition coefficient (Wildman–Crippen LogP) is 2.57. The number of ether oxygens (including phenoxy) is 2. The van der Waals surface area contributed by atoms with Gasteiger partial charge in [-0.2, -0.15) is 0 Å². The van der Waals surface area contributed by atoms with Crippen LogP contribution in [-0.4, -0.2) is 76.7 Å². The minimum atomic E-state index is -1.19. The Kier molecular flexibility index (Phi) is 15.4. The van der Waals surface area contributed by atoms with Crippen molar-refractivity contribution in [2.45, 2.75) is 71.1 Å². The lowest BCUT2D eigenvalue weighted by atomic mass is 9.99. The van der Waals surface area contributed by atoms with E-state index in [4.69, 9.17) is 20.9 Å². The molecule has 0 radical (unpaired) electrons. The maximum atomic E-state index is 14.2. The molecule has 1 aliphatic heterocycles. The minimum Gasteiger partial charge on any atom is -0.429 e. The molecule has 2 atom stereocenters. The van der Waals surface area contributed by atoms with Gasteiger partial charge < -0.3 is 31.6 Å². The van der Waals surface area contributed by atoms with E-state index in [1.807, 2.05) is 0 Å². The number of amides is 7. The highest BCUT2D eigenvalue weighted by atomic mass is 16.7. The van der Waals surface area contributed by atoms with E-state index in [-0.39, 0.29) is 67.9 Å². The van der Waals surface area contributed by atoms with Crippen molar-refractivity contribution in [2.75, 3.05) is 18.0 Å². The first-order valence-corrected chi connectivity index (χ1v) is 16.8. The normalized spacial score (nSPS) is 13.3. The number of anilines is 1. The van der Waals surface area contributed by atoms with Crippen LogP contribution in [0.1, 0.15) is 57.9 Å². The van der Waals surface area contributed by atoms with Crippen molar-refractivity contribution in [3.8, 4) is 5.75 Å². The molecule has 18 heteroatoms. The highest BCUT2D eigenvalue weighted by molar-refractivity contribution is 6.12. The number of hydrogen-bond acceptors (Lipinski definition) is 11. The Morgan fingerprint density at radius 3 is 2.11 bits per heavy atom. The van der Waals surface area contributed by atoms with Gasteiger partial charge in [0.25, 0.3) is 23.4 Å². The van der Waals surface area contributed by atoms with E-state index in [0.29, 0.717) is 24.8 Å². The summed E-state index contributed by atoms with van der Waals surface area (Å²) in [4.78, 5) is 99.5. The third kappa shape index (κ3) is 12.7. The fourth-order valence-corrected chi connectivity index (χ4v) is 5.32. The molecule has 2 unspecified atom stereocenters. The highest BCUT2D eigenvalue weighted by Gasteiger charge is 2.36. The van der Waals surface area contributed by atoms with Crippen LogP contribution in [0.5, 0.6) is 5.75 Å². The van der Waals surface area contributed by atoms with Crippen molar-refractivity contribution >= 4 is 53.1 Å². The highest BCUT2D eigenvalue weighted by Crippen LogP contribution is 2.24. The summed E-state index contributed by atoms with van der Waals surface area (Å²) in [5, 5.41) is 16.0. The second-order valence-electron chi connectivity index (χ2n) is 12.4. The Hall–Kier alpha value is -6.33. The number of carbonyl (C=O) groups excluding carboxylic acids is 7. The molecule has 0 fully saturated rings. The smallest absolute Gasteiger partial charge is 0.429 e. The first kappa shape index (κ1) is 41.1. The van der Waals surface area contributed by atoms with Crippen LogP contribution < -0.4 is 31.7 Å². The molecule has 3 rings (SSSR count). The molecule has 6 N–H and O–H groups in total. The van der Waals surface area contributed by atoms with Gasteiger partial charge in [-0.05, 0) is 61.4 Å². The minimum absolute atomic E-state index is 0.0334. The number of non-ortho nitro benzene ring substituents is 1. The number of primary amides is 2. The summed E-state index contributed by atoms with van der Waals surface area (Å²) in [6, 6.07) is 7.92. The van der Waals surface area contributed by atoms with Gasteiger partial charge in [0.15, 0.2) is 0 Å². The van der Waals surface area contributed by atoms with Crippen molar-refractivity contribution < 1.29 is 48.0 Å². The molecule has 0 spiro atoms. The van der Waals surface area contributed by atoms with Crippen LogP contribution in [0.2, 0.25) is 0 Å². The SMILES string of the molecule is CC(C)C(NC(=O)CCCCCN1C(=O)C=CC1=O)C(=O)N(c1ccc(COC(=O)Oc2ccc([N+](=O)[O-])cc2)cc1)C(CCCNC(N)=O)C(N)=O. The summed E-state index contributed by atoms with van der Waals surface area (Å²) in [5.41, 5.74) is 11.5. The molecule has 2 aromatic carbocycles. The largest absolute Gasteiger partial charge is 0.514 e. The standard InChI is InChI=1S/C35H43N7O11/c1-22(2)31(39-28(43)8-4-3-5-20-40-29(44)17-18-30(40)45)33(47)41(27(32(36)46)7-6-19-38-34(37)48)24-11-9-23(10-12-24)21-52-35(49)53-26-15-13-25(14-16-26)42(50)51/h9-18,22,27,31H,3-8,19-21H2,1-2H3,(H2,36,46)(H,39,43)(H3,37,38,48). The molecule has 7 amide bonds. The lowest BCUT2D eigenvalue weighted by molar-refractivity contribution is -0.384. The van der Waals surface area contributed by atoms with Gasteiger partial charge in [-0.25, -0.2) is 9.59 Å². The molecule has 284 valence electrons. The summed E-state index contributed by atoms with van der Waals surface area (Å²) in [6.07, 6.45) is 3.16. The van der Waals surface area contributed by atoms with Crippen molar-refractivity contribution in [3.63, 3.8) is 0 Å².